The van der Waals surface area contributed by atoms with Crippen molar-refractivity contribution in [2.45, 2.75) is 52.1 Å². The normalized spacial score (nSPS) is 28.5. The molecule has 1 rings (SSSR count). The van der Waals surface area contributed by atoms with Crippen LogP contribution in [0.5, 0.6) is 0 Å². The van der Waals surface area contributed by atoms with Crippen LogP contribution in [0.3, 0.4) is 0 Å². The molecule has 0 aromatic rings. The maximum atomic E-state index is 11.5. The molecule has 0 spiro atoms. The zero-order valence-corrected chi connectivity index (χ0v) is 9.87. The van der Waals surface area contributed by atoms with Crippen molar-refractivity contribution in [3.63, 3.8) is 0 Å². The van der Waals surface area contributed by atoms with Crippen LogP contribution in [0.25, 0.3) is 0 Å². The smallest absolute Gasteiger partial charge is 0.306 e. The van der Waals surface area contributed by atoms with Crippen molar-refractivity contribution in [3.8, 4) is 0 Å². The second kappa shape index (κ2) is 6.11. The number of ether oxygens (including phenoxy) is 1. The van der Waals surface area contributed by atoms with Crippen LogP contribution in [0.2, 0.25) is 0 Å². The Bertz CT molecular complexity index is 198. The summed E-state index contributed by atoms with van der Waals surface area (Å²) in [6.45, 7) is 4.79. The van der Waals surface area contributed by atoms with Crippen molar-refractivity contribution in [2.24, 2.45) is 17.6 Å². The average molecular weight is 213 g/mol. The summed E-state index contributed by atoms with van der Waals surface area (Å²) in [6.07, 6.45) is 5.06. The van der Waals surface area contributed by atoms with Crippen LogP contribution in [0.1, 0.15) is 46.0 Å². The Morgan fingerprint density at radius 3 is 2.53 bits per heavy atom. The Balaban J connectivity index is 2.20. The second-order valence-corrected chi connectivity index (χ2v) is 4.92. The molecule has 0 bridgehead atoms. The van der Waals surface area contributed by atoms with Crippen LogP contribution in [0, 0.1) is 11.8 Å². The van der Waals surface area contributed by atoms with E-state index in [1.54, 1.807) is 0 Å². The van der Waals surface area contributed by atoms with Gasteiger partial charge in [0, 0.05) is 6.42 Å². The molecule has 0 amide bonds. The molecule has 15 heavy (non-hydrogen) atoms. The topological polar surface area (TPSA) is 52.3 Å². The standard InChI is InChI=1S/C12H23NO2/c1-9-3-5-11(6-4-9)15-12(14)7-10(2)8-13/h9-11H,3-8,13H2,1-2H3. The molecule has 0 heterocycles. The Morgan fingerprint density at radius 2 is 2.00 bits per heavy atom. The lowest BCUT2D eigenvalue weighted by Crippen LogP contribution is -2.25. The summed E-state index contributed by atoms with van der Waals surface area (Å²) < 4.78 is 5.42. The predicted octanol–water partition coefficient (Wildman–Crippen LogP) is 2.09. The van der Waals surface area contributed by atoms with Gasteiger partial charge in [0.05, 0.1) is 0 Å². The van der Waals surface area contributed by atoms with Gasteiger partial charge in [0.25, 0.3) is 0 Å². The number of esters is 1. The van der Waals surface area contributed by atoms with Gasteiger partial charge in [0.2, 0.25) is 0 Å². The quantitative estimate of drug-likeness (QED) is 0.727. The van der Waals surface area contributed by atoms with E-state index in [1.165, 1.54) is 12.8 Å². The van der Waals surface area contributed by atoms with Gasteiger partial charge >= 0.3 is 5.97 Å². The fraction of sp³-hybridized carbons (Fsp3) is 0.917. The predicted molar refractivity (Wildman–Crippen MR) is 60.3 cm³/mol. The zero-order valence-electron chi connectivity index (χ0n) is 9.87. The maximum Gasteiger partial charge on any atom is 0.306 e. The van der Waals surface area contributed by atoms with Crippen molar-refractivity contribution in [3.05, 3.63) is 0 Å². The fourth-order valence-corrected chi connectivity index (χ4v) is 1.95. The molecule has 3 heteroatoms. The molecule has 0 saturated heterocycles. The summed E-state index contributed by atoms with van der Waals surface area (Å²) in [5.74, 6) is 0.954. The molecule has 1 atom stereocenters. The molecule has 0 aromatic carbocycles. The molecule has 1 saturated carbocycles. The molecule has 1 aliphatic rings. The molecular formula is C12H23NO2. The lowest BCUT2D eigenvalue weighted by atomic mass is 9.89. The van der Waals surface area contributed by atoms with Gasteiger partial charge < -0.3 is 10.5 Å². The van der Waals surface area contributed by atoms with E-state index in [0.29, 0.717) is 13.0 Å². The summed E-state index contributed by atoms with van der Waals surface area (Å²) in [5, 5.41) is 0. The third-order valence-electron chi connectivity index (χ3n) is 3.18. The summed E-state index contributed by atoms with van der Waals surface area (Å²) in [4.78, 5) is 11.5. The number of hydrogen-bond acceptors (Lipinski definition) is 3. The average Bonchev–Trinajstić information content (AvgIpc) is 2.21. The van der Waals surface area contributed by atoms with Crippen LogP contribution in [-0.2, 0) is 9.53 Å². The van der Waals surface area contributed by atoms with Gasteiger partial charge in [-0.15, -0.1) is 0 Å². The van der Waals surface area contributed by atoms with E-state index in [9.17, 15) is 4.79 Å². The molecule has 3 nitrogen and oxygen atoms in total. The van der Waals surface area contributed by atoms with Gasteiger partial charge in [-0.25, -0.2) is 0 Å². The molecule has 0 aliphatic heterocycles. The lowest BCUT2D eigenvalue weighted by molar-refractivity contribution is -0.151. The third kappa shape index (κ3) is 4.65. The molecular weight excluding hydrogens is 190 g/mol. The minimum absolute atomic E-state index is 0.0764. The SMILES string of the molecule is CC1CCC(OC(=O)CC(C)CN)CC1. The van der Waals surface area contributed by atoms with Crippen LogP contribution < -0.4 is 5.73 Å². The van der Waals surface area contributed by atoms with Crippen molar-refractivity contribution in [1.29, 1.82) is 0 Å². The van der Waals surface area contributed by atoms with Gasteiger partial charge in [0.15, 0.2) is 0 Å². The minimum Gasteiger partial charge on any atom is -0.462 e. The number of rotatable bonds is 4. The first-order valence-electron chi connectivity index (χ1n) is 6.01. The monoisotopic (exact) mass is 213 g/mol. The van der Waals surface area contributed by atoms with Crippen molar-refractivity contribution >= 4 is 5.97 Å². The number of carbonyl (C=O) groups excluding carboxylic acids is 1. The Morgan fingerprint density at radius 1 is 1.40 bits per heavy atom. The summed E-state index contributed by atoms with van der Waals surface area (Å²) in [6, 6.07) is 0. The van der Waals surface area contributed by atoms with E-state index in [4.69, 9.17) is 10.5 Å². The van der Waals surface area contributed by atoms with Gasteiger partial charge in [-0.05, 0) is 44.1 Å². The van der Waals surface area contributed by atoms with Crippen molar-refractivity contribution in [1.82, 2.24) is 0 Å². The highest BCUT2D eigenvalue weighted by atomic mass is 16.5. The molecule has 88 valence electrons. The number of carbonyl (C=O) groups is 1. The highest BCUT2D eigenvalue weighted by Gasteiger charge is 2.21. The van der Waals surface area contributed by atoms with Gasteiger partial charge in [-0.1, -0.05) is 13.8 Å². The Kier molecular flexibility index (Phi) is 5.09. The maximum absolute atomic E-state index is 11.5. The van der Waals surface area contributed by atoms with E-state index >= 15 is 0 Å². The van der Waals surface area contributed by atoms with E-state index < -0.39 is 0 Å². The molecule has 0 radical (unpaired) electrons. The molecule has 1 unspecified atom stereocenters. The zero-order chi connectivity index (χ0) is 11.3. The molecule has 0 aromatic heterocycles. The van der Waals surface area contributed by atoms with Crippen LogP contribution in [-0.4, -0.2) is 18.6 Å². The van der Waals surface area contributed by atoms with E-state index in [-0.39, 0.29) is 18.0 Å². The van der Waals surface area contributed by atoms with Crippen LogP contribution in [0.15, 0.2) is 0 Å². The van der Waals surface area contributed by atoms with Gasteiger partial charge in [-0.3, -0.25) is 4.79 Å². The molecule has 1 fully saturated rings. The highest BCUT2D eigenvalue weighted by molar-refractivity contribution is 5.69. The van der Waals surface area contributed by atoms with Crippen molar-refractivity contribution < 1.29 is 9.53 Å². The van der Waals surface area contributed by atoms with E-state index in [0.717, 1.165) is 18.8 Å². The minimum atomic E-state index is -0.0764. The summed E-state index contributed by atoms with van der Waals surface area (Å²) >= 11 is 0. The summed E-state index contributed by atoms with van der Waals surface area (Å²) in [5.41, 5.74) is 5.46. The van der Waals surface area contributed by atoms with E-state index in [1.807, 2.05) is 6.92 Å². The lowest BCUT2D eigenvalue weighted by Gasteiger charge is -2.26. The third-order valence-corrected chi connectivity index (χ3v) is 3.18. The first-order chi connectivity index (χ1) is 7.11. The Hall–Kier alpha value is -0.570. The van der Waals surface area contributed by atoms with E-state index in [2.05, 4.69) is 6.92 Å². The van der Waals surface area contributed by atoms with Crippen molar-refractivity contribution in [2.75, 3.05) is 6.54 Å². The van der Waals surface area contributed by atoms with Gasteiger partial charge in [-0.2, -0.15) is 0 Å². The molecule has 1 aliphatic carbocycles. The first kappa shape index (κ1) is 12.5. The second-order valence-electron chi connectivity index (χ2n) is 4.92. The van der Waals surface area contributed by atoms with Crippen LogP contribution in [0.4, 0.5) is 0 Å². The van der Waals surface area contributed by atoms with Crippen LogP contribution >= 0.6 is 0 Å². The fourth-order valence-electron chi connectivity index (χ4n) is 1.95. The number of hydrogen-bond donors (Lipinski definition) is 1. The molecule has 2 N–H and O–H groups in total. The first-order valence-corrected chi connectivity index (χ1v) is 6.01. The number of nitrogens with two attached hydrogens (primary N) is 1. The summed E-state index contributed by atoms with van der Waals surface area (Å²) in [7, 11) is 0. The largest absolute Gasteiger partial charge is 0.462 e. The Labute approximate surface area is 92.4 Å². The van der Waals surface area contributed by atoms with Gasteiger partial charge in [0.1, 0.15) is 6.10 Å². The highest BCUT2D eigenvalue weighted by Crippen LogP contribution is 2.25.